The Morgan fingerprint density at radius 1 is 1.29 bits per heavy atom. The predicted octanol–water partition coefficient (Wildman–Crippen LogP) is 1.93. The third-order valence-corrected chi connectivity index (χ3v) is 6.07. The molecular weight excluding hydrogens is 410 g/mol. The van der Waals surface area contributed by atoms with Crippen LogP contribution in [0.3, 0.4) is 0 Å². The third-order valence-electron chi connectivity index (χ3n) is 6.07. The summed E-state index contributed by atoms with van der Waals surface area (Å²) in [6.45, 7) is -2.48. The Hall–Kier alpha value is -2.30. The van der Waals surface area contributed by atoms with E-state index < -0.39 is 12.7 Å². The second-order valence-corrected chi connectivity index (χ2v) is 8.16. The van der Waals surface area contributed by atoms with Gasteiger partial charge in [-0.25, -0.2) is 0 Å². The molecule has 31 heavy (non-hydrogen) atoms. The number of nitrogens with one attached hydrogen (secondary N) is 1. The first kappa shape index (κ1) is 21.9. The number of carbonyl (C=O) groups is 2. The first-order valence-corrected chi connectivity index (χ1v) is 10.7. The van der Waals surface area contributed by atoms with Crippen LogP contribution in [0.5, 0.6) is 5.75 Å². The minimum Gasteiger partial charge on any atom is -0.433 e. The van der Waals surface area contributed by atoms with Gasteiger partial charge in [0.25, 0.3) is 5.91 Å². The molecule has 8 nitrogen and oxygen atoms in total. The maximum atomic E-state index is 13.0. The maximum absolute atomic E-state index is 13.0. The lowest BCUT2D eigenvalue weighted by molar-refractivity contribution is -0.126. The molecule has 0 bridgehead atoms. The number of morpholine rings is 1. The van der Waals surface area contributed by atoms with Gasteiger partial charge in [-0.3, -0.25) is 14.5 Å². The van der Waals surface area contributed by atoms with Crippen molar-refractivity contribution in [3.05, 3.63) is 18.2 Å². The van der Waals surface area contributed by atoms with Crippen molar-refractivity contribution in [1.29, 1.82) is 0 Å². The number of hydrogen-bond donors (Lipinski definition) is 2. The molecule has 2 saturated carbocycles. The molecule has 1 aromatic carbocycles. The Kier molecular flexibility index (Phi) is 6.68. The molecule has 1 aromatic rings. The van der Waals surface area contributed by atoms with Crippen molar-refractivity contribution < 1.29 is 27.8 Å². The predicted molar refractivity (Wildman–Crippen MR) is 110 cm³/mol. The van der Waals surface area contributed by atoms with E-state index in [2.05, 4.69) is 15.0 Å². The average molecular weight is 438 g/mol. The summed E-state index contributed by atoms with van der Waals surface area (Å²) < 4.78 is 35.8. The molecule has 1 atom stereocenters. The number of benzene rings is 1. The van der Waals surface area contributed by atoms with Gasteiger partial charge in [0.1, 0.15) is 12.6 Å². The van der Waals surface area contributed by atoms with Crippen LogP contribution in [0.1, 0.15) is 32.1 Å². The summed E-state index contributed by atoms with van der Waals surface area (Å²) in [6, 6.07) is 4.68. The van der Waals surface area contributed by atoms with E-state index in [1.165, 1.54) is 17.0 Å². The molecule has 0 spiro atoms. The van der Waals surface area contributed by atoms with Crippen LogP contribution in [0.25, 0.3) is 0 Å². The largest absolute Gasteiger partial charge is 0.433 e. The molecule has 2 aliphatic carbocycles. The number of alkyl halides is 2. The Bertz CT molecular complexity index is 817. The number of anilines is 2. The zero-order chi connectivity index (χ0) is 22.0. The smallest absolute Gasteiger partial charge is 0.387 e. The molecule has 0 unspecified atom stereocenters. The normalized spacial score (nSPS) is 20.7. The highest BCUT2D eigenvalue weighted by atomic mass is 19.3. The van der Waals surface area contributed by atoms with E-state index in [-0.39, 0.29) is 42.9 Å². The Labute approximate surface area is 179 Å². The highest BCUT2D eigenvalue weighted by molar-refractivity contribution is 5.98. The van der Waals surface area contributed by atoms with Gasteiger partial charge in [0, 0.05) is 36.9 Å². The summed E-state index contributed by atoms with van der Waals surface area (Å²) in [4.78, 5) is 28.7. The molecule has 1 saturated heterocycles. The third kappa shape index (κ3) is 4.97. The van der Waals surface area contributed by atoms with Gasteiger partial charge in [-0.15, -0.1) is 0 Å². The monoisotopic (exact) mass is 438 g/mol. The van der Waals surface area contributed by atoms with E-state index in [1.54, 1.807) is 6.07 Å². The zero-order valence-corrected chi connectivity index (χ0v) is 17.3. The average Bonchev–Trinajstić information content (AvgIpc) is 3.52. The quantitative estimate of drug-likeness (QED) is 0.612. The number of hydrogen-bond acceptors (Lipinski definition) is 6. The highest BCUT2D eigenvalue weighted by Crippen LogP contribution is 2.38. The molecule has 2 amide bonds. The van der Waals surface area contributed by atoms with Gasteiger partial charge in [0.05, 0.1) is 12.3 Å². The zero-order valence-electron chi connectivity index (χ0n) is 17.3. The molecule has 10 heteroatoms. The lowest BCUT2D eigenvalue weighted by Crippen LogP contribution is -2.55. The lowest BCUT2D eigenvalue weighted by Gasteiger charge is -2.41. The molecule has 3 N–H and O–H groups in total. The summed E-state index contributed by atoms with van der Waals surface area (Å²) in [7, 11) is 0. The van der Waals surface area contributed by atoms with Crippen molar-refractivity contribution in [3.8, 4) is 5.75 Å². The van der Waals surface area contributed by atoms with Crippen LogP contribution in [0.2, 0.25) is 0 Å². The summed E-state index contributed by atoms with van der Waals surface area (Å²) in [6.07, 6.45) is 5.41. The molecule has 0 radical (unpaired) electrons. The van der Waals surface area contributed by atoms with Crippen molar-refractivity contribution in [2.75, 3.05) is 36.5 Å². The maximum Gasteiger partial charge on any atom is 0.387 e. The van der Waals surface area contributed by atoms with Crippen LogP contribution in [0.15, 0.2) is 18.2 Å². The number of nitrogens with two attached hydrogens (primary N) is 1. The van der Waals surface area contributed by atoms with E-state index in [4.69, 9.17) is 10.5 Å². The van der Waals surface area contributed by atoms with Crippen LogP contribution in [-0.4, -0.2) is 67.8 Å². The van der Waals surface area contributed by atoms with Crippen molar-refractivity contribution in [2.24, 2.45) is 5.73 Å². The Balaban J connectivity index is 1.52. The van der Waals surface area contributed by atoms with Crippen molar-refractivity contribution in [1.82, 2.24) is 4.90 Å². The van der Waals surface area contributed by atoms with Crippen molar-refractivity contribution in [3.63, 3.8) is 0 Å². The fraction of sp³-hybridized carbons (Fsp3) is 0.619. The fourth-order valence-corrected chi connectivity index (χ4v) is 4.23. The topological polar surface area (TPSA) is 97.1 Å². The summed E-state index contributed by atoms with van der Waals surface area (Å²) in [5.41, 5.74) is 6.49. The van der Waals surface area contributed by atoms with Gasteiger partial charge in [0.15, 0.2) is 5.75 Å². The van der Waals surface area contributed by atoms with Crippen LogP contribution in [-0.2, 0) is 14.3 Å². The van der Waals surface area contributed by atoms with E-state index in [1.807, 2.05) is 0 Å². The fourth-order valence-electron chi connectivity index (χ4n) is 4.23. The van der Waals surface area contributed by atoms with Gasteiger partial charge >= 0.3 is 6.61 Å². The highest BCUT2D eigenvalue weighted by Gasteiger charge is 2.42. The Morgan fingerprint density at radius 2 is 2.03 bits per heavy atom. The molecule has 1 aliphatic heterocycles. The molecule has 0 aromatic heterocycles. The van der Waals surface area contributed by atoms with Gasteiger partial charge in [-0.05, 0) is 37.8 Å². The lowest BCUT2D eigenvalue weighted by atomic mass is 9.90. The van der Waals surface area contributed by atoms with Crippen molar-refractivity contribution in [2.45, 2.75) is 56.8 Å². The number of rotatable bonds is 9. The number of ether oxygens (including phenoxy) is 2. The van der Waals surface area contributed by atoms with Gasteiger partial charge in [0.2, 0.25) is 5.91 Å². The number of carbonyl (C=O) groups excluding carboxylic acids is 2. The van der Waals surface area contributed by atoms with E-state index in [0.717, 1.165) is 32.1 Å². The first-order valence-electron chi connectivity index (χ1n) is 10.7. The van der Waals surface area contributed by atoms with E-state index in [9.17, 15) is 18.4 Å². The van der Waals surface area contributed by atoms with Gasteiger partial charge in [-0.1, -0.05) is 6.42 Å². The second-order valence-electron chi connectivity index (χ2n) is 8.16. The summed E-state index contributed by atoms with van der Waals surface area (Å²) in [5.74, 6) is -0.782. The number of nitrogens with zero attached hydrogens (tertiary/aromatic N) is 2. The minimum atomic E-state index is -3.07. The molecule has 170 valence electrons. The standard InChI is InChI=1S/C21H28F2N4O4/c22-21(23)31-18-10-13(4-7-16(18)26-8-9-30-12-19(26)28)25-20(29)17(11-24)27(15-5-6-15)14-2-1-3-14/h4,7,10,14-15,17,21H,1-3,5-6,8-9,11-12,24H2,(H,25,29)/t17-/m0/s1. The van der Waals surface area contributed by atoms with Gasteiger partial charge < -0.3 is 25.4 Å². The summed E-state index contributed by atoms with van der Waals surface area (Å²) in [5, 5.41) is 2.80. The Morgan fingerprint density at radius 3 is 2.61 bits per heavy atom. The van der Waals surface area contributed by atoms with E-state index >= 15 is 0 Å². The number of amides is 2. The van der Waals surface area contributed by atoms with E-state index in [0.29, 0.717) is 24.4 Å². The first-order chi connectivity index (χ1) is 15.0. The molecular formula is C21H28F2N4O4. The SMILES string of the molecule is NC[C@@H](C(=O)Nc1ccc(N2CCOCC2=O)c(OC(F)F)c1)N(C1CCC1)C1CC1. The van der Waals surface area contributed by atoms with Crippen LogP contribution in [0, 0.1) is 0 Å². The molecule has 3 fully saturated rings. The number of halogens is 2. The molecule has 4 rings (SSSR count). The van der Waals surface area contributed by atoms with Gasteiger partial charge in [-0.2, -0.15) is 8.78 Å². The van der Waals surface area contributed by atoms with Crippen LogP contribution >= 0.6 is 0 Å². The molecule has 1 heterocycles. The minimum absolute atomic E-state index is 0.122. The van der Waals surface area contributed by atoms with Crippen LogP contribution in [0.4, 0.5) is 20.2 Å². The van der Waals surface area contributed by atoms with Crippen LogP contribution < -0.4 is 20.7 Å². The second kappa shape index (κ2) is 9.46. The summed E-state index contributed by atoms with van der Waals surface area (Å²) >= 11 is 0. The van der Waals surface area contributed by atoms with Crippen molar-refractivity contribution >= 4 is 23.2 Å². The molecule has 3 aliphatic rings.